The number of hydrogen-bond acceptors (Lipinski definition) is 5. The molecule has 0 bridgehead atoms. The van der Waals surface area contributed by atoms with E-state index in [1.165, 1.54) is 238 Å². The van der Waals surface area contributed by atoms with Gasteiger partial charge in [-0.2, -0.15) is 0 Å². The molecule has 3 N–H and O–H groups in total. The fourth-order valence-electron chi connectivity index (χ4n) is 9.10. The first-order chi connectivity index (χ1) is 32.5. The van der Waals surface area contributed by atoms with E-state index in [4.69, 9.17) is 9.05 Å². The lowest BCUT2D eigenvalue weighted by molar-refractivity contribution is -0.870. The monoisotopic (exact) mass is 970 g/mol. The number of phosphoric ester groups is 1. The Morgan fingerprint density at radius 3 is 1.15 bits per heavy atom. The number of phosphoric acid groups is 1. The largest absolute Gasteiger partial charge is 0.472 e. The molecule has 8 nitrogen and oxygen atoms in total. The number of nitrogens with zero attached hydrogens (tertiary/aromatic N) is 1. The fraction of sp³-hybridized carbons (Fsp3) is 0.948. The van der Waals surface area contributed by atoms with Crippen molar-refractivity contribution in [3.63, 3.8) is 0 Å². The highest BCUT2D eigenvalue weighted by Gasteiger charge is 2.28. The van der Waals surface area contributed by atoms with Crippen molar-refractivity contribution < 1.29 is 32.9 Å². The number of carbonyl (C=O) groups is 1. The van der Waals surface area contributed by atoms with E-state index in [-0.39, 0.29) is 19.1 Å². The SMILES string of the molecule is CCCCCCCCCCCCCC/C=C\CCCCCCCCCCCCCC(=O)NC(COP(=O)(O)OCC[N+](C)(C)C)C(O)CCCCCCCCCCCCCCCCCCCC. The predicted molar refractivity (Wildman–Crippen MR) is 291 cm³/mol. The molecule has 9 heteroatoms. The van der Waals surface area contributed by atoms with Gasteiger partial charge < -0.3 is 19.8 Å². The number of rotatable bonds is 55. The van der Waals surface area contributed by atoms with Crippen LogP contribution >= 0.6 is 7.82 Å². The average molecular weight is 971 g/mol. The molecule has 67 heavy (non-hydrogen) atoms. The summed E-state index contributed by atoms with van der Waals surface area (Å²) in [5.41, 5.74) is 0. The zero-order valence-electron chi connectivity index (χ0n) is 45.7. The number of allylic oxidation sites excluding steroid dienone is 2. The predicted octanol–water partition coefficient (Wildman–Crippen LogP) is 17.8. The van der Waals surface area contributed by atoms with Gasteiger partial charge in [0.1, 0.15) is 13.2 Å². The lowest BCUT2D eigenvalue weighted by atomic mass is 10.0. The third-order valence-electron chi connectivity index (χ3n) is 13.8. The number of nitrogens with one attached hydrogen (secondary N) is 1. The van der Waals surface area contributed by atoms with Gasteiger partial charge in [-0.15, -0.1) is 0 Å². The molecule has 0 rings (SSSR count). The zero-order chi connectivity index (χ0) is 49.2. The van der Waals surface area contributed by atoms with Crippen LogP contribution in [0.4, 0.5) is 0 Å². The molecule has 0 spiro atoms. The van der Waals surface area contributed by atoms with E-state index in [1.54, 1.807) is 0 Å². The third kappa shape index (κ3) is 52.9. The minimum absolute atomic E-state index is 0.0772. The molecule has 0 heterocycles. The van der Waals surface area contributed by atoms with E-state index < -0.39 is 20.0 Å². The Balaban J connectivity index is 4.10. The summed E-state index contributed by atoms with van der Waals surface area (Å²) in [6.07, 6.45) is 61.3. The van der Waals surface area contributed by atoms with Gasteiger partial charge in [0.2, 0.25) is 5.91 Å². The van der Waals surface area contributed by atoms with Crippen LogP contribution in [0.5, 0.6) is 0 Å². The molecule has 0 radical (unpaired) electrons. The second-order valence-electron chi connectivity index (χ2n) is 21.7. The maximum absolute atomic E-state index is 13.0. The topological polar surface area (TPSA) is 105 Å². The van der Waals surface area contributed by atoms with Gasteiger partial charge in [0.15, 0.2) is 0 Å². The second kappa shape index (κ2) is 50.2. The van der Waals surface area contributed by atoms with Crippen LogP contribution in [0, 0.1) is 0 Å². The molecule has 400 valence electrons. The number of unbranched alkanes of at least 4 members (excludes halogenated alkanes) is 40. The summed E-state index contributed by atoms with van der Waals surface area (Å²) in [5, 5.41) is 14.1. The van der Waals surface area contributed by atoms with Gasteiger partial charge in [-0.1, -0.05) is 270 Å². The van der Waals surface area contributed by atoms with Crippen LogP contribution in [0.1, 0.15) is 303 Å². The molecule has 0 aromatic heterocycles. The minimum Gasteiger partial charge on any atom is -0.391 e. The van der Waals surface area contributed by atoms with Crippen LogP contribution < -0.4 is 5.32 Å². The van der Waals surface area contributed by atoms with E-state index in [2.05, 4.69) is 31.3 Å². The Morgan fingerprint density at radius 2 is 0.806 bits per heavy atom. The van der Waals surface area contributed by atoms with Gasteiger partial charge in [0.05, 0.1) is 39.9 Å². The van der Waals surface area contributed by atoms with Gasteiger partial charge in [0.25, 0.3) is 0 Å². The molecular formula is C58H118N2O6P+. The van der Waals surface area contributed by atoms with E-state index in [0.717, 1.165) is 38.5 Å². The highest BCUT2D eigenvalue weighted by atomic mass is 31.2. The Hall–Kier alpha value is -0.760. The zero-order valence-corrected chi connectivity index (χ0v) is 46.6. The molecule has 3 unspecified atom stereocenters. The standard InChI is InChI=1S/C58H117N2O6P/c1-6-8-10-12-14-16-18-20-22-24-26-27-28-29-30-31-32-33-34-36-38-40-42-44-46-48-50-52-58(62)59-56(55-66-67(63,64)65-54-53-60(3,4)5)57(61)51-49-47-45-43-41-39-37-35-25-23-21-19-17-15-13-11-9-7-2/h29-30,56-57,61H,6-28,31-55H2,1-5H3,(H-,59,62,63,64)/p+1/b30-29-. The maximum atomic E-state index is 13.0. The summed E-state index contributed by atoms with van der Waals surface area (Å²) in [5.74, 6) is -0.140. The van der Waals surface area contributed by atoms with Crippen molar-refractivity contribution in [1.82, 2.24) is 5.32 Å². The van der Waals surface area contributed by atoms with Crippen LogP contribution in [-0.4, -0.2) is 73.4 Å². The smallest absolute Gasteiger partial charge is 0.391 e. The normalized spacial score (nSPS) is 14.0. The van der Waals surface area contributed by atoms with E-state index >= 15 is 0 Å². The van der Waals surface area contributed by atoms with Gasteiger partial charge >= 0.3 is 7.82 Å². The molecule has 0 aliphatic heterocycles. The summed E-state index contributed by atoms with van der Waals surface area (Å²) in [6, 6.07) is -0.758. The first-order valence-electron chi connectivity index (χ1n) is 29.6. The van der Waals surface area contributed by atoms with Crippen molar-refractivity contribution in [2.45, 2.75) is 315 Å². The number of aliphatic hydroxyl groups is 1. The Bertz CT molecular complexity index is 1100. The third-order valence-corrected chi connectivity index (χ3v) is 14.7. The summed E-state index contributed by atoms with van der Waals surface area (Å²) < 4.78 is 23.8. The van der Waals surface area contributed by atoms with Crippen LogP contribution in [-0.2, 0) is 18.4 Å². The number of hydrogen-bond donors (Lipinski definition) is 3. The Kier molecular flexibility index (Phi) is 49.6. The molecule has 0 aliphatic carbocycles. The quantitative estimate of drug-likeness (QED) is 0.0243. The first-order valence-corrected chi connectivity index (χ1v) is 31.0. The fourth-order valence-corrected chi connectivity index (χ4v) is 9.84. The maximum Gasteiger partial charge on any atom is 0.472 e. The minimum atomic E-state index is -4.32. The summed E-state index contributed by atoms with van der Waals surface area (Å²) in [4.78, 5) is 23.3. The molecular weight excluding hydrogens is 852 g/mol. The van der Waals surface area contributed by atoms with Crippen LogP contribution in [0.15, 0.2) is 12.2 Å². The molecule has 0 saturated carbocycles. The van der Waals surface area contributed by atoms with Crippen molar-refractivity contribution in [3.05, 3.63) is 12.2 Å². The van der Waals surface area contributed by atoms with Crippen LogP contribution in [0.25, 0.3) is 0 Å². The van der Waals surface area contributed by atoms with Gasteiger partial charge in [-0.25, -0.2) is 4.57 Å². The second-order valence-corrected chi connectivity index (χ2v) is 23.2. The number of carbonyl (C=O) groups excluding carboxylic acids is 1. The number of quaternary nitrogens is 1. The molecule has 1 amide bonds. The van der Waals surface area contributed by atoms with Crippen LogP contribution in [0.2, 0.25) is 0 Å². The van der Waals surface area contributed by atoms with Gasteiger partial charge in [-0.05, 0) is 38.5 Å². The lowest BCUT2D eigenvalue weighted by Gasteiger charge is -2.26. The summed E-state index contributed by atoms with van der Waals surface area (Å²) in [6.45, 7) is 4.94. The molecule has 0 aromatic rings. The summed E-state index contributed by atoms with van der Waals surface area (Å²) in [7, 11) is 1.63. The highest BCUT2D eigenvalue weighted by Crippen LogP contribution is 2.43. The van der Waals surface area contributed by atoms with Gasteiger partial charge in [-0.3, -0.25) is 13.8 Å². The van der Waals surface area contributed by atoms with E-state index in [9.17, 15) is 19.4 Å². The molecule has 0 saturated heterocycles. The Morgan fingerprint density at radius 1 is 0.493 bits per heavy atom. The number of aliphatic hydroxyl groups excluding tert-OH is 1. The lowest BCUT2D eigenvalue weighted by Crippen LogP contribution is -2.46. The highest BCUT2D eigenvalue weighted by molar-refractivity contribution is 7.47. The van der Waals surface area contributed by atoms with E-state index in [1.807, 2.05) is 21.1 Å². The van der Waals surface area contributed by atoms with Crippen molar-refractivity contribution in [2.75, 3.05) is 40.9 Å². The molecule has 0 aromatic carbocycles. The molecule has 0 fully saturated rings. The van der Waals surface area contributed by atoms with Gasteiger partial charge in [0, 0.05) is 6.42 Å². The Labute approximate surface area is 418 Å². The van der Waals surface area contributed by atoms with E-state index in [0.29, 0.717) is 23.9 Å². The number of amides is 1. The molecule has 0 aliphatic rings. The van der Waals surface area contributed by atoms with Crippen molar-refractivity contribution in [3.8, 4) is 0 Å². The first kappa shape index (κ1) is 66.2. The van der Waals surface area contributed by atoms with Crippen molar-refractivity contribution >= 4 is 13.7 Å². The number of likely N-dealkylation sites (N-methyl/N-ethyl adjacent to an activating group) is 1. The summed E-state index contributed by atoms with van der Waals surface area (Å²) >= 11 is 0. The van der Waals surface area contributed by atoms with Crippen LogP contribution in [0.3, 0.4) is 0 Å². The average Bonchev–Trinajstić information content (AvgIpc) is 3.29. The van der Waals surface area contributed by atoms with Crippen molar-refractivity contribution in [2.24, 2.45) is 0 Å². The van der Waals surface area contributed by atoms with Crippen molar-refractivity contribution in [1.29, 1.82) is 0 Å². The molecule has 3 atom stereocenters.